The Hall–Kier alpha value is -0.160. The van der Waals surface area contributed by atoms with E-state index in [1.807, 2.05) is 0 Å². The Balaban J connectivity index is 2.34. The molecule has 0 spiro atoms. The third-order valence-electron chi connectivity index (χ3n) is 2.10. The molecule has 0 aliphatic heterocycles. The summed E-state index contributed by atoms with van der Waals surface area (Å²) in [5.41, 5.74) is 4.36. The maximum atomic E-state index is 8.59. The SMILES string of the molecule is ONC1CCCCC1NO. The summed E-state index contributed by atoms with van der Waals surface area (Å²) in [5.74, 6) is 0. The van der Waals surface area contributed by atoms with Crippen LogP contribution in [0.3, 0.4) is 0 Å². The lowest BCUT2D eigenvalue weighted by Crippen LogP contribution is -2.47. The minimum Gasteiger partial charge on any atom is -0.316 e. The van der Waals surface area contributed by atoms with E-state index in [-0.39, 0.29) is 12.1 Å². The van der Waals surface area contributed by atoms with Crippen molar-refractivity contribution in [1.29, 1.82) is 0 Å². The van der Waals surface area contributed by atoms with Gasteiger partial charge in [0.2, 0.25) is 0 Å². The van der Waals surface area contributed by atoms with Gasteiger partial charge in [-0.05, 0) is 12.8 Å². The molecule has 1 saturated carbocycles. The van der Waals surface area contributed by atoms with E-state index >= 15 is 0 Å². The zero-order valence-corrected chi connectivity index (χ0v) is 5.88. The van der Waals surface area contributed by atoms with Crippen molar-refractivity contribution in [2.24, 2.45) is 0 Å². The normalized spacial score (nSPS) is 34.2. The van der Waals surface area contributed by atoms with Crippen LogP contribution < -0.4 is 11.0 Å². The van der Waals surface area contributed by atoms with Crippen LogP contribution in [-0.2, 0) is 0 Å². The summed E-state index contributed by atoms with van der Waals surface area (Å²) in [6.07, 6.45) is 4.09. The summed E-state index contributed by atoms with van der Waals surface area (Å²) in [6.45, 7) is 0. The highest BCUT2D eigenvalue weighted by Gasteiger charge is 2.23. The summed E-state index contributed by atoms with van der Waals surface area (Å²) < 4.78 is 0. The summed E-state index contributed by atoms with van der Waals surface area (Å²) in [7, 11) is 0. The van der Waals surface area contributed by atoms with Crippen molar-refractivity contribution >= 4 is 0 Å². The average molecular weight is 146 g/mol. The molecule has 0 amide bonds. The Labute approximate surface area is 60.2 Å². The van der Waals surface area contributed by atoms with Gasteiger partial charge in [-0.15, -0.1) is 0 Å². The average Bonchev–Trinajstić information content (AvgIpc) is 2.04. The van der Waals surface area contributed by atoms with E-state index in [0.717, 1.165) is 25.7 Å². The summed E-state index contributed by atoms with van der Waals surface area (Å²) >= 11 is 0. The van der Waals surface area contributed by atoms with Crippen LogP contribution >= 0.6 is 0 Å². The maximum absolute atomic E-state index is 8.59. The second kappa shape index (κ2) is 3.88. The molecule has 0 aromatic rings. The van der Waals surface area contributed by atoms with Gasteiger partial charge in [-0.25, -0.2) is 11.0 Å². The number of hydrogen-bond donors (Lipinski definition) is 4. The third kappa shape index (κ3) is 1.67. The molecular formula is C6H14N2O2. The Kier molecular flexibility index (Phi) is 3.08. The van der Waals surface area contributed by atoms with Crippen LogP contribution in [0.25, 0.3) is 0 Å². The fourth-order valence-corrected chi connectivity index (χ4v) is 1.44. The molecule has 1 aliphatic carbocycles. The quantitative estimate of drug-likeness (QED) is 0.422. The first-order valence-corrected chi connectivity index (χ1v) is 3.67. The molecule has 0 aromatic carbocycles. The first-order chi connectivity index (χ1) is 4.88. The van der Waals surface area contributed by atoms with Gasteiger partial charge in [-0.1, -0.05) is 12.8 Å². The number of rotatable bonds is 2. The van der Waals surface area contributed by atoms with Crippen molar-refractivity contribution in [3.63, 3.8) is 0 Å². The minimum absolute atomic E-state index is 0.0127. The van der Waals surface area contributed by atoms with Gasteiger partial charge in [0, 0.05) is 12.1 Å². The summed E-state index contributed by atoms with van der Waals surface area (Å²) in [5, 5.41) is 17.2. The molecule has 1 fully saturated rings. The van der Waals surface area contributed by atoms with E-state index in [1.54, 1.807) is 0 Å². The Morgan fingerprint density at radius 1 is 0.900 bits per heavy atom. The fourth-order valence-electron chi connectivity index (χ4n) is 1.44. The molecule has 0 aromatic heterocycles. The molecule has 1 rings (SSSR count). The topological polar surface area (TPSA) is 64.5 Å². The maximum Gasteiger partial charge on any atom is 0.0495 e. The molecule has 2 unspecified atom stereocenters. The van der Waals surface area contributed by atoms with Crippen molar-refractivity contribution in [3.05, 3.63) is 0 Å². The predicted molar refractivity (Wildman–Crippen MR) is 35.9 cm³/mol. The molecule has 0 heterocycles. The zero-order valence-electron chi connectivity index (χ0n) is 5.88. The number of hydroxylamine groups is 2. The molecule has 60 valence electrons. The lowest BCUT2D eigenvalue weighted by Gasteiger charge is -2.28. The highest BCUT2D eigenvalue weighted by Crippen LogP contribution is 2.17. The molecular weight excluding hydrogens is 132 g/mol. The summed E-state index contributed by atoms with van der Waals surface area (Å²) in [4.78, 5) is 0. The lowest BCUT2D eigenvalue weighted by molar-refractivity contribution is 0.0331. The van der Waals surface area contributed by atoms with Crippen molar-refractivity contribution in [2.45, 2.75) is 37.8 Å². The van der Waals surface area contributed by atoms with Gasteiger partial charge in [0.25, 0.3) is 0 Å². The zero-order chi connectivity index (χ0) is 7.40. The standard InChI is InChI=1S/C6H14N2O2/c9-7-5-3-1-2-4-6(5)8-10/h5-10H,1-4H2. The monoisotopic (exact) mass is 146 g/mol. The largest absolute Gasteiger partial charge is 0.316 e. The van der Waals surface area contributed by atoms with Crippen LogP contribution in [0.2, 0.25) is 0 Å². The van der Waals surface area contributed by atoms with Crippen LogP contribution in [0.15, 0.2) is 0 Å². The minimum atomic E-state index is 0.0127. The molecule has 0 saturated heterocycles. The van der Waals surface area contributed by atoms with E-state index in [4.69, 9.17) is 10.4 Å². The van der Waals surface area contributed by atoms with Crippen molar-refractivity contribution < 1.29 is 10.4 Å². The van der Waals surface area contributed by atoms with Crippen LogP contribution in [-0.4, -0.2) is 22.5 Å². The highest BCUT2D eigenvalue weighted by atomic mass is 16.5. The molecule has 2 atom stereocenters. The first-order valence-electron chi connectivity index (χ1n) is 3.67. The predicted octanol–water partition coefficient (Wildman–Crippen LogP) is 0.255. The van der Waals surface area contributed by atoms with Crippen LogP contribution in [0.1, 0.15) is 25.7 Å². The van der Waals surface area contributed by atoms with Gasteiger partial charge in [-0.2, -0.15) is 0 Å². The van der Waals surface area contributed by atoms with E-state index in [0.29, 0.717) is 0 Å². The first kappa shape index (κ1) is 7.94. The van der Waals surface area contributed by atoms with E-state index < -0.39 is 0 Å². The van der Waals surface area contributed by atoms with Crippen molar-refractivity contribution in [2.75, 3.05) is 0 Å². The Morgan fingerprint density at radius 2 is 1.30 bits per heavy atom. The van der Waals surface area contributed by atoms with Gasteiger partial charge in [0.1, 0.15) is 0 Å². The molecule has 1 aliphatic rings. The number of hydrogen-bond acceptors (Lipinski definition) is 4. The van der Waals surface area contributed by atoms with E-state index in [2.05, 4.69) is 11.0 Å². The second-order valence-corrected chi connectivity index (χ2v) is 2.76. The molecule has 10 heavy (non-hydrogen) atoms. The van der Waals surface area contributed by atoms with Gasteiger partial charge < -0.3 is 10.4 Å². The number of nitrogens with one attached hydrogen (secondary N) is 2. The molecule has 4 nitrogen and oxygen atoms in total. The van der Waals surface area contributed by atoms with Gasteiger partial charge in [-0.3, -0.25) is 0 Å². The fraction of sp³-hybridized carbons (Fsp3) is 1.00. The van der Waals surface area contributed by atoms with Crippen molar-refractivity contribution in [1.82, 2.24) is 11.0 Å². The molecule has 4 N–H and O–H groups in total. The van der Waals surface area contributed by atoms with Gasteiger partial charge in [0.15, 0.2) is 0 Å². The summed E-state index contributed by atoms with van der Waals surface area (Å²) in [6, 6.07) is 0.0255. The van der Waals surface area contributed by atoms with E-state index in [1.165, 1.54) is 0 Å². The van der Waals surface area contributed by atoms with Crippen molar-refractivity contribution in [3.8, 4) is 0 Å². The third-order valence-corrected chi connectivity index (χ3v) is 2.10. The second-order valence-electron chi connectivity index (χ2n) is 2.76. The molecule has 0 radical (unpaired) electrons. The van der Waals surface area contributed by atoms with Crippen LogP contribution in [0.4, 0.5) is 0 Å². The Bertz CT molecular complexity index is 87.7. The van der Waals surface area contributed by atoms with Gasteiger partial charge in [0.05, 0.1) is 0 Å². The smallest absolute Gasteiger partial charge is 0.0495 e. The van der Waals surface area contributed by atoms with Crippen LogP contribution in [0, 0.1) is 0 Å². The van der Waals surface area contributed by atoms with Crippen LogP contribution in [0.5, 0.6) is 0 Å². The lowest BCUT2D eigenvalue weighted by atomic mass is 9.91. The van der Waals surface area contributed by atoms with E-state index in [9.17, 15) is 0 Å². The molecule has 4 heteroatoms. The Morgan fingerprint density at radius 3 is 1.60 bits per heavy atom. The van der Waals surface area contributed by atoms with Gasteiger partial charge >= 0.3 is 0 Å². The highest BCUT2D eigenvalue weighted by molar-refractivity contribution is 4.81. The molecule has 0 bridgehead atoms.